The molecule has 14 heavy (non-hydrogen) atoms. The Morgan fingerprint density at radius 1 is 1.43 bits per heavy atom. The van der Waals surface area contributed by atoms with Crippen LogP contribution in [0.5, 0.6) is 0 Å². The van der Waals surface area contributed by atoms with Crippen LogP contribution in [0.15, 0.2) is 18.2 Å². The van der Waals surface area contributed by atoms with Crippen molar-refractivity contribution in [3.8, 4) is 0 Å². The first kappa shape index (κ1) is 10.6. The fourth-order valence-electron chi connectivity index (χ4n) is 1.44. The van der Waals surface area contributed by atoms with Gasteiger partial charge in [0.1, 0.15) is 0 Å². The topological polar surface area (TPSA) is 40.5 Å². The van der Waals surface area contributed by atoms with E-state index in [1.807, 2.05) is 32.0 Å². The Balaban J connectivity index is 3.18. The second-order valence-corrected chi connectivity index (χ2v) is 3.40. The van der Waals surface area contributed by atoms with Crippen LogP contribution in [-0.2, 0) is 6.42 Å². The zero-order valence-corrected chi connectivity index (χ0v) is 8.74. The predicted octanol–water partition coefficient (Wildman–Crippen LogP) is 2.01. The summed E-state index contributed by atoms with van der Waals surface area (Å²) in [5, 5.41) is 8.82. The molecular formula is C11H15NO2. The fourth-order valence-corrected chi connectivity index (χ4v) is 1.44. The van der Waals surface area contributed by atoms with Crippen molar-refractivity contribution in [3.63, 3.8) is 0 Å². The van der Waals surface area contributed by atoms with Crippen LogP contribution in [0.3, 0.4) is 0 Å². The summed E-state index contributed by atoms with van der Waals surface area (Å²) in [6.45, 7) is 2.02. The molecule has 0 aliphatic rings. The Hall–Kier alpha value is -1.51. The lowest BCUT2D eigenvalue weighted by molar-refractivity contribution is 0.0697. The van der Waals surface area contributed by atoms with Crippen LogP contribution in [0.2, 0.25) is 0 Å². The Kier molecular flexibility index (Phi) is 3.12. The number of anilines is 1. The van der Waals surface area contributed by atoms with Gasteiger partial charge in [-0.2, -0.15) is 0 Å². The molecule has 1 aromatic rings. The maximum absolute atomic E-state index is 10.7. The van der Waals surface area contributed by atoms with E-state index in [0.29, 0.717) is 5.56 Å². The molecule has 1 rings (SSSR count). The monoisotopic (exact) mass is 193 g/mol. The number of carbonyl (C=O) groups is 1. The van der Waals surface area contributed by atoms with E-state index in [-0.39, 0.29) is 0 Å². The second-order valence-electron chi connectivity index (χ2n) is 3.40. The Morgan fingerprint density at radius 2 is 2.07 bits per heavy atom. The molecule has 0 radical (unpaired) electrons. The lowest BCUT2D eigenvalue weighted by Crippen LogP contribution is -2.12. The van der Waals surface area contributed by atoms with E-state index in [1.54, 1.807) is 12.1 Å². The van der Waals surface area contributed by atoms with Crippen LogP contribution in [0, 0.1) is 0 Å². The molecule has 0 spiro atoms. The summed E-state index contributed by atoms with van der Waals surface area (Å²) in [5.41, 5.74) is 2.50. The molecule has 0 unspecified atom stereocenters. The first-order valence-corrected chi connectivity index (χ1v) is 4.59. The highest BCUT2D eigenvalue weighted by Gasteiger charge is 2.07. The molecule has 0 amide bonds. The van der Waals surface area contributed by atoms with Crippen LogP contribution in [0.25, 0.3) is 0 Å². The predicted molar refractivity (Wildman–Crippen MR) is 57.1 cm³/mol. The smallest absolute Gasteiger partial charge is 0.335 e. The lowest BCUT2D eigenvalue weighted by Gasteiger charge is -2.17. The number of nitrogens with zero attached hydrogens (tertiary/aromatic N) is 1. The van der Waals surface area contributed by atoms with Gasteiger partial charge in [0.15, 0.2) is 0 Å². The van der Waals surface area contributed by atoms with Crippen molar-refractivity contribution in [1.82, 2.24) is 0 Å². The van der Waals surface area contributed by atoms with Crippen LogP contribution in [-0.4, -0.2) is 25.2 Å². The summed E-state index contributed by atoms with van der Waals surface area (Å²) in [7, 11) is 3.91. The van der Waals surface area contributed by atoms with Crippen LogP contribution in [0.4, 0.5) is 5.69 Å². The molecule has 76 valence electrons. The molecule has 1 aromatic carbocycles. The molecule has 0 saturated heterocycles. The van der Waals surface area contributed by atoms with Crippen LogP contribution in [0.1, 0.15) is 22.8 Å². The van der Waals surface area contributed by atoms with Gasteiger partial charge in [0.2, 0.25) is 0 Å². The van der Waals surface area contributed by atoms with Gasteiger partial charge in [-0.25, -0.2) is 4.79 Å². The minimum absolute atomic E-state index is 0.354. The van der Waals surface area contributed by atoms with Gasteiger partial charge >= 0.3 is 5.97 Å². The summed E-state index contributed by atoms with van der Waals surface area (Å²) < 4.78 is 0. The van der Waals surface area contributed by atoms with E-state index in [4.69, 9.17) is 5.11 Å². The van der Waals surface area contributed by atoms with E-state index in [0.717, 1.165) is 17.7 Å². The summed E-state index contributed by atoms with van der Waals surface area (Å²) in [6.07, 6.45) is 0.842. The SMILES string of the molecule is CCc1cc(C(=O)O)ccc1N(C)C. The molecule has 0 aliphatic carbocycles. The number of aromatic carboxylic acids is 1. The largest absolute Gasteiger partial charge is 0.478 e. The third-order valence-electron chi connectivity index (χ3n) is 2.19. The highest BCUT2D eigenvalue weighted by atomic mass is 16.4. The van der Waals surface area contributed by atoms with E-state index in [1.165, 1.54) is 0 Å². The van der Waals surface area contributed by atoms with Gasteiger partial charge in [-0.1, -0.05) is 6.92 Å². The van der Waals surface area contributed by atoms with Crippen molar-refractivity contribution in [1.29, 1.82) is 0 Å². The van der Waals surface area contributed by atoms with Crippen molar-refractivity contribution < 1.29 is 9.90 Å². The van der Waals surface area contributed by atoms with E-state index in [2.05, 4.69) is 0 Å². The zero-order chi connectivity index (χ0) is 10.7. The summed E-state index contributed by atoms with van der Waals surface area (Å²) >= 11 is 0. The van der Waals surface area contributed by atoms with Gasteiger partial charge in [-0.05, 0) is 30.2 Å². The molecular weight excluding hydrogens is 178 g/mol. The molecule has 0 aromatic heterocycles. The van der Waals surface area contributed by atoms with E-state index < -0.39 is 5.97 Å². The third-order valence-corrected chi connectivity index (χ3v) is 2.19. The van der Waals surface area contributed by atoms with Gasteiger partial charge in [-0.15, -0.1) is 0 Å². The average molecular weight is 193 g/mol. The Labute approximate surface area is 84.0 Å². The minimum atomic E-state index is -0.870. The quantitative estimate of drug-likeness (QED) is 0.798. The minimum Gasteiger partial charge on any atom is -0.478 e. The number of hydrogen-bond donors (Lipinski definition) is 1. The summed E-state index contributed by atoms with van der Waals surface area (Å²) in [4.78, 5) is 12.7. The number of hydrogen-bond acceptors (Lipinski definition) is 2. The molecule has 0 heterocycles. The number of carboxylic acid groups (broad SMARTS) is 1. The lowest BCUT2D eigenvalue weighted by atomic mass is 10.1. The van der Waals surface area contributed by atoms with Crippen LogP contribution >= 0.6 is 0 Å². The summed E-state index contributed by atoms with van der Waals surface area (Å²) in [5.74, 6) is -0.870. The maximum Gasteiger partial charge on any atom is 0.335 e. The van der Waals surface area contributed by atoms with Gasteiger partial charge in [0.25, 0.3) is 0 Å². The van der Waals surface area contributed by atoms with Crippen molar-refractivity contribution in [2.75, 3.05) is 19.0 Å². The fraction of sp³-hybridized carbons (Fsp3) is 0.364. The van der Waals surface area contributed by atoms with Crippen LogP contribution < -0.4 is 4.90 Å². The standard InChI is InChI=1S/C11H15NO2/c1-4-8-7-9(11(13)14)5-6-10(8)12(2)3/h5-7H,4H2,1-3H3,(H,13,14). The van der Waals surface area contributed by atoms with Crippen molar-refractivity contribution >= 4 is 11.7 Å². The van der Waals surface area contributed by atoms with Gasteiger partial charge < -0.3 is 10.0 Å². The van der Waals surface area contributed by atoms with Crippen molar-refractivity contribution in [2.24, 2.45) is 0 Å². The Bertz CT molecular complexity index is 345. The zero-order valence-electron chi connectivity index (χ0n) is 8.74. The highest BCUT2D eigenvalue weighted by molar-refractivity contribution is 5.88. The third kappa shape index (κ3) is 2.05. The second kappa shape index (κ2) is 4.13. The molecule has 0 saturated carbocycles. The molecule has 3 nitrogen and oxygen atoms in total. The maximum atomic E-state index is 10.7. The number of aryl methyl sites for hydroxylation is 1. The molecule has 0 bridgehead atoms. The van der Waals surface area contributed by atoms with E-state index in [9.17, 15) is 4.79 Å². The number of carboxylic acids is 1. The average Bonchev–Trinajstić information content (AvgIpc) is 2.16. The molecule has 3 heteroatoms. The first-order chi connectivity index (χ1) is 6.56. The van der Waals surface area contributed by atoms with Gasteiger partial charge in [-0.3, -0.25) is 0 Å². The number of benzene rings is 1. The Morgan fingerprint density at radius 3 is 2.50 bits per heavy atom. The normalized spacial score (nSPS) is 9.93. The molecule has 1 N–H and O–H groups in total. The molecule has 0 aliphatic heterocycles. The molecule has 0 atom stereocenters. The van der Waals surface area contributed by atoms with E-state index >= 15 is 0 Å². The van der Waals surface area contributed by atoms with Gasteiger partial charge in [0.05, 0.1) is 5.56 Å². The van der Waals surface area contributed by atoms with Gasteiger partial charge in [0, 0.05) is 19.8 Å². The first-order valence-electron chi connectivity index (χ1n) is 4.59. The van der Waals surface area contributed by atoms with Crippen molar-refractivity contribution in [2.45, 2.75) is 13.3 Å². The highest BCUT2D eigenvalue weighted by Crippen LogP contribution is 2.20. The number of rotatable bonds is 3. The molecule has 0 fully saturated rings. The summed E-state index contributed by atoms with van der Waals surface area (Å²) in [6, 6.07) is 5.22. The van der Waals surface area contributed by atoms with Crippen molar-refractivity contribution in [3.05, 3.63) is 29.3 Å².